The first-order valence-electron chi connectivity index (χ1n) is 14.1. The summed E-state index contributed by atoms with van der Waals surface area (Å²) in [6, 6.07) is 1.71. The van der Waals surface area contributed by atoms with E-state index in [1.165, 1.54) is 27.7 Å². The Morgan fingerprint density at radius 2 is 1.86 bits per heavy atom. The van der Waals surface area contributed by atoms with Crippen LogP contribution >= 0.6 is 0 Å². The number of hydrogen-bond donors (Lipinski definition) is 2. The summed E-state index contributed by atoms with van der Waals surface area (Å²) < 4.78 is 70.9. The molecule has 2 aliphatic rings. The van der Waals surface area contributed by atoms with Crippen LogP contribution in [0.3, 0.4) is 0 Å². The zero-order valence-electron chi connectivity index (χ0n) is 23.6. The number of fused-ring (bicyclic) bond motifs is 1. The highest BCUT2D eigenvalue weighted by molar-refractivity contribution is 5.92. The van der Waals surface area contributed by atoms with Crippen LogP contribution in [0, 0.1) is 17.3 Å². The minimum Gasteiger partial charge on any atom is -0.349 e. The number of carbonyl (C=O) groups is 2. The van der Waals surface area contributed by atoms with Gasteiger partial charge < -0.3 is 10.6 Å². The number of carbonyl (C=O) groups excluding carboxylic acids is 2. The number of alkyl halides is 5. The van der Waals surface area contributed by atoms with Gasteiger partial charge in [0.1, 0.15) is 5.69 Å². The first-order chi connectivity index (χ1) is 19.7. The molecule has 0 unspecified atom stereocenters. The lowest BCUT2D eigenvalue weighted by Crippen LogP contribution is -2.39. The number of nitrogens with zero attached hydrogens (tertiary/aromatic N) is 5. The van der Waals surface area contributed by atoms with Gasteiger partial charge in [0.2, 0.25) is 11.8 Å². The van der Waals surface area contributed by atoms with Crippen LogP contribution in [0.4, 0.5) is 22.0 Å². The lowest BCUT2D eigenvalue weighted by Gasteiger charge is -2.34. The van der Waals surface area contributed by atoms with Gasteiger partial charge in [-0.1, -0.05) is 13.8 Å². The van der Waals surface area contributed by atoms with Crippen LogP contribution in [0.25, 0.3) is 5.65 Å². The van der Waals surface area contributed by atoms with E-state index in [0.29, 0.717) is 17.8 Å². The lowest BCUT2D eigenvalue weighted by molar-refractivity contribution is -0.215. The molecule has 0 bridgehead atoms. The number of nitrogens with one attached hydrogen (secondary N) is 2. The summed E-state index contributed by atoms with van der Waals surface area (Å²) in [5.41, 5.74) is -0.729. The SMILES string of the molecule is CCn1nccc1C(=O)N[C@@H](CC(C)(C)C(F)(F)F)c1cn2ncc([C@H](NC(=O)CC3CC(F)(F)C3)C3CC3)cc2n1. The van der Waals surface area contributed by atoms with Gasteiger partial charge in [0.25, 0.3) is 5.91 Å². The number of amides is 2. The van der Waals surface area contributed by atoms with Crippen molar-refractivity contribution < 1.29 is 31.5 Å². The second-order valence-electron chi connectivity index (χ2n) is 12.1. The molecule has 3 heterocycles. The van der Waals surface area contributed by atoms with Crippen LogP contribution in [0.1, 0.15) is 93.1 Å². The van der Waals surface area contributed by atoms with E-state index in [2.05, 4.69) is 25.8 Å². The molecular weight excluding hydrogens is 561 g/mol. The Hall–Kier alpha value is -3.58. The summed E-state index contributed by atoms with van der Waals surface area (Å²) in [6.45, 7) is 4.34. The van der Waals surface area contributed by atoms with Crippen LogP contribution in [0.15, 0.2) is 30.7 Å². The van der Waals surface area contributed by atoms with E-state index in [1.54, 1.807) is 19.2 Å². The molecule has 0 aromatic carbocycles. The van der Waals surface area contributed by atoms with Crippen LogP contribution in [-0.4, -0.2) is 48.3 Å². The molecule has 0 saturated heterocycles. The molecule has 0 spiro atoms. The normalized spacial score (nSPS) is 18.9. The van der Waals surface area contributed by atoms with E-state index in [-0.39, 0.29) is 54.4 Å². The van der Waals surface area contributed by atoms with Gasteiger partial charge in [-0.05, 0) is 55.7 Å². The Morgan fingerprint density at radius 1 is 1.14 bits per heavy atom. The summed E-state index contributed by atoms with van der Waals surface area (Å²) >= 11 is 0. The number of imidazole rings is 1. The molecule has 2 aliphatic carbocycles. The molecular formula is C28H34F5N7O2. The zero-order chi connectivity index (χ0) is 30.4. The van der Waals surface area contributed by atoms with Gasteiger partial charge in [-0.2, -0.15) is 23.4 Å². The van der Waals surface area contributed by atoms with Crippen molar-refractivity contribution in [1.82, 2.24) is 35.0 Å². The standard InChI is InChI=1S/C28H34F5N7O2/c1-4-39-21(7-8-34-39)25(42)37-19(13-26(2,3)28(31,32)33)20-15-40-22(36-20)10-18(14-35-40)24(17-5-6-17)38-23(41)9-16-11-27(29,30)12-16/h7-8,10,14-17,19,24H,4-6,9,11-13H2,1-3H3,(H,37,42)(H,38,41)/t19-,24+/m0/s1. The van der Waals surface area contributed by atoms with Crippen LogP contribution in [-0.2, 0) is 11.3 Å². The van der Waals surface area contributed by atoms with Crippen molar-refractivity contribution in [2.24, 2.45) is 17.3 Å². The van der Waals surface area contributed by atoms with Crippen molar-refractivity contribution in [3.63, 3.8) is 0 Å². The number of aromatic nitrogens is 5. The van der Waals surface area contributed by atoms with Gasteiger partial charge in [0.15, 0.2) is 5.65 Å². The summed E-state index contributed by atoms with van der Waals surface area (Å²) in [5.74, 6) is -3.76. The predicted octanol–water partition coefficient (Wildman–Crippen LogP) is 5.40. The topological polar surface area (TPSA) is 106 Å². The Balaban J connectivity index is 1.39. The molecule has 2 saturated carbocycles. The van der Waals surface area contributed by atoms with Crippen molar-refractivity contribution in [2.75, 3.05) is 0 Å². The second kappa shape index (κ2) is 10.9. The molecule has 2 atom stereocenters. The molecule has 14 heteroatoms. The average Bonchev–Trinajstić information content (AvgIpc) is 3.44. The summed E-state index contributed by atoms with van der Waals surface area (Å²) in [7, 11) is 0. The highest BCUT2D eigenvalue weighted by Crippen LogP contribution is 2.46. The smallest absolute Gasteiger partial charge is 0.349 e. The van der Waals surface area contributed by atoms with Gasteiger partial charge in [-0.3, -0.25) is 14.3 Å². The minimum absolute atomic E-state index is 0.0231. The van der Waals surface area contributed by atoms with Crippen molar-refractivity contribution in [1.29, 1.82) is 0 Å². The predicted molar refractivity (Wildman–Crippen MR) is 141 cm³/mol. The Labute approximate surface area is 239 Å². The molecule has 0 aliphatic heterocycles. The largest absolute Gasteiger partial charge is 0.394 e. The summed E-state index contributed by atoms with van der Waals surface area (Å²) in [4.78, 5) is 30.3. The fraction of sp³-hybridized carbons (Fsp3) is 0.607. The first kappa shape index (κ1) is 29.9. The molecule has 0 radical (unpaired) electrons. The van der Waals surface area contributed by atoms with Gasteiger partial charge in [0, 0.05) is 32.0 Å². The number of hydrogen-bond acceptors (Lipinski definition) is 5. The van der Waals surface area contributed by atoms with E-state index < -0.39 is 35.9 Å². The van der Waals surface area contributed by atoms with Crippen LogP contribution < -0.4 is 10.6 Å². The van der Waals surface area contributed by atoms with Crippen LogP contribution in [0.2, 0.25) is 0 Å². The van der Waals surface area contributed by atoms with Gasteiger partial charge in [-0.15, -0.1) is 0 Å². The van der Waals surface area contributed by atoms with Crippen molar-refractivity contribution in [3.8, 4) is 0 Å². The van der Waals surface area contributed by atoms with Crippen LogP contribution in [0.5, 0.6) is 0 Å². The summed E-state index contributed by atoms with van der Waals surface area (Å²) in [5, 5.41) is 14.1. The third kappa shape index (κ3) is 6.41. The molecule has 2 fully saturated rings. The number of halogens is 5. The van der Waals surface area contributed by atoms with Gasteiger partial charge >= 0.3 is 6.18 Å². The van der Waals surface area contributed by atoms with Crippen molar-refractivity contribution in [2.45, 2.75) is 90.0 Å². The van der Waals surface area contributed by atoms with E-state index >= 15 is 0 Å². The quantitative estimate of drug-likeness (QED) is 0.289. The maximum Gasteiger partial charge on any atom is 0.394 e. The van der Waals surface area contributed by atoms with Crippen molar-refractivity contribution >= 4 is 17.5 Å². The Kier molecular flexibility index (Phi) is 7.77. The maximum absolute atomic E-state index is 13.9. The van der Waals surface area contributed by atoms with Crippen molar-refractivity contribution in [3.05, 3.63) is 47.7 Å². The molecule has 2 amide bonds. The first-order valence-corrected chi connectivity index (χ1v) is 14.1. The van der Waals surface area contributed by atoms with Gasteiger partial charge in [-0.25, -0.2) is 18.3 Å². The second-order valence-corrected chi connectivity index (χ2v) is 12.1. The van der Waals surface area contributed by atoms with E-state index in [1.807, 2.05) is 0 Å². The lowest BCUT2D eigenvalue weighted by atomic mass is 9.79. The average molecular weight is 596 g/mol. The molecule has 9 nitrogen and oxygen atoms in total. The maximum atomic E-state index is 13.9. The van der Waals surface area contributed by atoms with E-state index in [0.717, 1.165) is 26.7 Å². The zero-order valence-corrected chi connectivity index (χ0v) is 23.6. The highest BCUT2D eigenvalue weighted by atomic mass is 19.4. The molecule has 3 aromatic rings. The molecule has 228 valence electrons. The van der Waals surface area contributed by atoms with Gasteiger partial charge in [0.05, 0.1) is 35.6 Å². The summed E-state index contributed by atoms with van der Waals surface area (Å²) in [6.07, 6.45) is 0.692. The van der Waals surface area contributed by atoms with E-state index in [4.69, 9.17) is 0 Å². The number of rotatable bonds is 11. The monoisotopic (exact) mass is 595 g/mol. The fourth-order valence-electron chi connectivity index (χ4n) is 5.44. The third-order valence-electron chi connectivity index (χ3n) is 8.17. The highest BCUT2D eigenvalue weighted by Gasteiger charge is 2.49. The molecule has 42 heavy (non-hydrogen) atoms. The molecule has 2 N–H and O–H groups in total. The minimum atomic E-state index is -4.53. The fourth-order valence-corrected chi connectivity index (χ4v) is 5.44. The number of aryl methyl sites for hydroxylation is 1. The molecule has 5 rings (SSSR count). The Bertz CT molecular complexity index is 1450. The Morgan fingerprint density at radius 3 is 2.48 bits per heavy atom. The molecule has 3 aromatic heterocycles. The van der Waals surface area contributed by atoms with E-state index in [9.17, 15) is 31.5 Å². The third-order valence-corrected chi connectivity index (χ3v) is 8.17.